The number of hydrogen-bond donors (Lipinski definition) is 0. The van der Waals surface area contributed by atoms with Gasteiger partial charge in [-0.25, -0.2) is 0 Å². The molecule has 5 nitrogen and oxygen atoms in total. The lowest BCUT2D eigenvalue weighted by Gasteiger charge is -2.35. The van der Waals surface area contributed by atoms with Gasteiger partial charge in [0.15, 0.2) is 5.82 Å². The predicted octanol–water partition coefficient (Wildman–Crippen LogP) is 4.52. The molecule has 2 heterocycles. The number of anilines is 1. The SMILES string of the molecule is O=C(c1cc(Br)ccc1Cl)N1CCN(c2ccc(-c3ccccc3)nn2)CC1. The topological polar surface area (TPSA) is 49.3 Å². The highest BCUT2D eigenvalue weighted by Crippen LogP contribution is 2.24. The van der Waals surface area contributed by atoms with Crippen molar-refractivity contribution in [3.05, 3.63) is 75.7 Å². The van der Waals surface area contributed by atoms with Gasteiger partial charge in [-0.05, 0) is 30.3 Å². The van der Waals surface area contributed by atoms with Crippen LogP contribution in [0.3, 0.4) is 0 Å². The van der Waals surface area contributed by atoms with E-state index in [9.17, 15) is 4.79 Å². The number of piperazine rings is 1. The van der Waals surface area contributed by atoms with Crippen molar-refractivity contribution in [1.82, 2.24) is 15.1 Å². The van der Waals surface area contributed by atoms with E-state index in [4.69, 9.17) is 11.6 Å². The molecule has 1 aliphatic rings. The van der Waals surface area contributed by atoms with Crippen molar-refractivity contribution in [1.29, 1.82) is 0 Å². The van der Waals surface area contributed by atoms with Gasteiger partial charge in [0.2, 0.25) is 0 Å². The highest BCUT2D eigenvalue weighted by molar-refractivity contribution is 9.10. The number of aromatic nitrogens is 2. The molecule has 1 aromatic heterocycles. The van der Waals surface area contributed by atoms with Crippen molar-refractivity contribution in [3.8, 4) is 11.3 Å². The number of hydrogen-bond acceptors (Lipinski definition) is 4. The normalized spacial score (nSPS) is 14.2. The van der Waals surface area contributed by atoms with Crippen LogP contribution in [0.1, 0.15) is 10.4 Å². The fourth-order valence-electron chi connectivity index (χ4n) is 3.23. The minimum Gasteiger partial charge on any atom is -0.352 e. The summed E-state index contributed by atoms with van der Waals surface area (Å²) in [6.07, 6.45) is 0. The van der Waals surface area contributed by atoms with E-state index in [1.54, 1.807) is 12.1 Å². The average molecular weight is 458 g/mol. The molecule has 1 aliphatic heterocycles. The molecule has 28 heavy (non-hydrogen) atoms. The van der Waals surface area contributed by atoms with E-state index in [1.165, 1.54) is 0 Å². The van der Waals surface area contributed by atoms with E-state index in [0.717, 1.165) is 21.5 Å². The van der Waals surface area contributed by atoms with Gasteiger partial charge >= 0.3 is 0 Å². The third kappa shape index (κ3) is 4.03. The van der Waals surface area contributed by atoms with E-state index in [2.05, 4.69) is 31.0 Å². The molecule has 7 heteroatoms. The molecule has 0 unspecified atom stereocenters. The van der Waals surface area contributed by atoms with Crippen LogP contribution in [0.25, 0.3) is 11.3 Å². The van der Waals surface area contributed by atoms with Crippen LogP contribution in [0.15, 0.2) is 65.1 Å². The quantitative estimate of drug-likeness (QED) is 0.580. The summed E-state index contributed by atoms with van der Waals surface area (Å²) in [6, 6.07) is 19.3. The van der Waals surface area contributed by atoms with Crippen LogP contribution in [-0.4, -0.2) is 47.2 Å². The van der Waals surface area contributed by atoms with Gasteiger partial charge in [0.25, 0.3) is 5.91 Å². The number of carbonyl (C=O) groups excluding carboxylic acids is 1. The minimum atomic E-state index is -0.0449. The molecular weight excluding hydrogens is 440 g/mol. The monoisotopic (exact) mass is 456 g/mol. The molecule has 0 aliphatic carbocycles. The summed E-state index contributed by atoms with van der Waals surface area (Å²) >= 11 is 9.60. The summed E-state index contributed by atoms with van der Waals surface area (Å²) in [4.78, 5) is 16.8. The third-order valence-electron chi connectivity index (χ3n) is 4.77. The number of carbonyl (C=O) groups is 1. The number of amides is 1. The molecule has 0 atom stereocenters. The standard InChI is InChI=1S/C21H18BrClN4O/c22-16-6-7-18(23)17(14-16)21(28)27-12-10-26(11-13-27)20-9-8-19(24-25-20)15-4-2-1-3-5-15/h1-9,14H,10-13H2. The van der Waals surface area contributed by atoms with E-state index >= 15 is 0 Å². The highest BCUT2D eigenvalue weighted by atomic mass is 79.9. The van der Waals surface area contributed by atoms with Crippen LogP contribution in [0.5, 0.6) is 0 Å². The van der Waals surface area contributed by atoms with Crippen molar-refractivity contribution >= 4 is 39.3 Å². The first-order valence-electron chi connectivity index (χ1n) is 9.00. The lowest BCUT2D eigenvalue weighted by molar-refractivity contribution is 0.0746. The number of halogens is 2. The van der Waals surface area contributed by atoms with E-state index < -0.39 is 0 Å². The molecule has 0 spiro atoms. The van der Waals surface area contributed by atoms with Crippen molar-refractivity contribution in [3.63, 3.8) is 0 Å². The summed E-state index contributed by atoms with van der Waals surface area (Å²) in [6.45, 7) is 2.64. The Bertz CT molecular complexity index is 973. The Hall–Kier alpha value is -2.44. The second-order valence-electron chi connectivity index (χ2n) is 6.55. The molecule has 0 bridgehead atoms. The van der Waals surface area contributed by atoms with Crippen LogP contribution >= 0.6 is 27.5 Å². The zero-order valence-electron chi connectivity index (χ0n) is 15.1. The van der Waals surface area contributed by atoms with E-state index in [0.29, 0.717) is 36.8 Å². The van der Waals surface area contributed by atoms with E-state index in [-0.39, 0.29) is 5.91 Å². The summed E-state index contributed by atoms with van der Waals surface area (Å²) in [5.41, 5.74) is 2.42. The van der Waals surface area contributed by atoms with Crippen LogP contribution < -0.4 is 4.90 Å². The largest absolute Gasteiger partial charge is 0.352 e. The molecule has 4 rings (SSSR count). The number of nitrogens with zero attached hydrogens (tertiary/aromatic N) is 4. The average Bonchev–Trinajstić information content (AvgIpc) is 2.76. The molecule has 1 fully saturated rings. The van der Waals surface area contributed by atoms with Gasteiger partial charge in [0, 0.05) is 36.2 Å². The van der Waals surface area contributed by atoms with E-state index in [1.807, 2.05) is 53.4 Å². The first-order chi connectivity index (χ1) is 13.6. The second-order valence-corrected chi connectivity index (χ2v) is 7.87. The molecule has 0 N–H and O–H groups in total. The summed E-state index contributed by atoms with van der Waals surface area (Å²) < 4.78 is 0.840. The zero-order chi connectivity index (χ0) is 19.5. The van der Waals surface area contributed by atoms with Gasteiger partial charge in [-0.3, -0.25) is 4.79 Å². The molecule has 142 valence electrons. The Labute approximate surface area is 177 Å². The fourth-order valence-corrected chi connectivity index (χ4v) is 3.79. The van der Waals surface area contributed by atoms with Crippen molar-refractivity contribution in [2.24, 2.45) is 0 Å². The first-order valence-corrected chi connectivity index (χ1v) is 10.2. The van der Waals surface area contributed by atoms with Crippen molar-refractivity contribution < 1.29 is 4.79 Å². The highest BCUT2D eigenvalue weighted by Gasteiger charge is 2.24. The molecule has 0 saturated carbocycles. The Morgan fingerprint density at radius 3 is 2.36 bits per heavy atom. The smallest absolute Gasteiger partial charge is 0.255 e. The summed E-state index contributed by atoms with van der Waals surface area (Å²) in [5.74, 6) is 0.781. The molecule has 3 aromatic rings. The summed E-state index contributed by atoms with van der Waals surface area (Å²) in [7, 11) is 0. The number of benzene rings is 2. The van der Waals surface area contributed by atoms with Gasteiger partial charge in [-0.1, -0.05) is 57.9 Å². The molecular formula is C21H18BrClN4O. The second kappa shape index (κ2) is 8.29. The lowest BCUT2D eigenvalue weighted by atomic mass is 10.1. The summed E-state index contributed by atoms with van der Waals surface area (Å²) in [5, 5.41) is 9.20. The van der Waals surface area contributed by atoms with Crippen LogP contribution in [-0.2, 0) is 0 Å². The molecule has 0 radical (unpaired) electrons. The first kappa shape index (κ1) is 18.9. The van der Waals surface area contributed by atoms with Gasteiger partial charge in [0.1, 0.15) is 0 Å². The Morgan fingerprint density at radius 2 is 1.68 bits per heavy atom. The maximum atomic E-state index is 12.8. The van der Waals surface area contributed by atoms with Crippen LogP contribution in [0, 0.1) is 0 Å². The molecule has 2 aromatic carbocycles. The van der Waals surface area contributed by atoms with Gasteiger partial charge < -0.3 is 9.80 Å². The van der Waals surface area contributed by atoms with Crippen LogP contribution in [0.2, 0.25) is 5.02 Å². The maximum Gasteiger partial charge on any atom is 0.255 e. The predicted molar refractivity (Wildman–Crippen MR) is 115 cm³/mol. The lowest BCUT2D eigenvalue weighted by Crippen LogP contribution is -2.49. The van der Waals surface area contributed by atoms with Gasteiger partial charge in [-0.15, -0.1) is 10.2 Å². The molecule has 1 amide bonds. The van der Waals surface area contributed by atoms with Crippen molar-refractivity contribution in [2.75, 3.05) is 31.1 Å². The van der Waals surface area contributed by atoms with Gasteiger partial charge in [-0.2, -0.15) is 0 Å². The fraction of sp³-hybridized carbons (Fsp3) is 0.190. The van der Waals surface area contributed by atoms with Gasteiger partial charge in [0.05, 0.1) is 16.3 Å². The maximum absolute atomic E-state index is 12.8. The van der Waals surface area contributed by atoms with Crippen LogP contribution in [0.4, 0.5) is 5.82 Å². The third-order valence-corrected chi connectivity index (χ3v) is 5.59. The Morgan fingerprint density at radius 1 is 0.929 bits per heavy atom. The Balaban J connectivity index is 1.41. The zero-order valence-corrected chi connectivity index (χ0v) is 17.4. The molecule has 1 saturated heterocycles. The minimum absolute atomic E-state index is 0.0449. The Kier molecular flexibility index (Phi) is 5.59. The number of rotatable bonds is 3. The van der Waals surface area contributed by atoms with Crippen molar-refractivity contribution in [2.45, 2.75) is 0 Å².